The van der Waals surface area contributed by atoms with Crippen LogP contribution >= 0.6 is 0 Å². The number of nitrogens with zero attached hydrogens (tertiary/aromatic N) is 2. The highest BCUT2D eigenvalue weighted by atomic mass is 28.4. The number of rotatable bonds is 10. The Hall–Kier alpha value is -7.25. The van der Waals surface area contributed by atoms with Crippen LogP contribution in [0.3, 0.4) is 0 Å². The van der Waals surface area contributed by atoms with Gasteiger partial charge in [0.05, 0.1) is 27.5 Å². The average Bonchev–Trinajstić information content (AvgIpc) is 3.64. The van der Waals surface area contributed by atoms with E-state index in [2.05, 4.69) is 280 Å². The van der Waals surface area contributed by atoms with Crippen molar-refractivity contribution >= 4 is 71.8 Å². The van der Waals surface area contributed by atoms with Gasteiger partial charge >= 0.3 is 0 Å². The van der Waals surface area contributed by atoms with Gasteiger partial charge < -0.3 is 9.80 Å². The predicted molar refractivity (Wildman–Crippen MR) is 295 cm³/mol. The van der Waals surface area contributed by atoms with Crippen LogP contribution in [-0.4, -0.2) is 16.1 Å². The minimum Gasteiger partial charge on any atom is -0.310 e. The molecule has 0 spiro atoms. The third-order valence-corrected chi connectivity index (χ3v) is 24.4. The van der Waals surface area contributed by atoms with Crippen molar-refractivity contribution in [2.75, 3.05) is 9.80 Å². The molecule has 0 aliphatic heterocycles. The summed E-state index contributed by atoms with van der Waals surface area (Å²) in [5.74, 6) is 0. The van der Waals surface area contributed by atoms with E-state index in [4.69, 9.17) is 0 Å². The summed E-state index contributed by atoms with van der Waals surface area (Å²) in [5.41, 5.74) is 17.6. The Labute approximate surface area is 398 Å². The van der Waals surface area contributed by atoms with Gasteiger partial charge in [-0.05, 0) is 128 Å². The summed E-state index contributed by atoms with van der Waals surface area (Å²) in [4.78, 5) is 4.88. The van der Waals surface area contributed by atoms with Crippen molar-refractivity contribution in [2.24, 2.45) is 0 Å². The Morgan fingerprint density at radius 3 is 1.00 bits per heavy atom. The van der Waals surface area contributed by atoms with Gasteiger partial charge in [0.25, 0.3) is 0 Å². The van der Waals surface area contributed by atoms with E-state index in [-0.39, 0.29) is 4.66 Å². The number of para-hydroxylation sites is 4. The highest BCUT2D eigenvalue weighted by Crippen LogP contribution is 2.59. The van der Waals surface area contributed by atoms with Crippen LogP contribution in [0, 0.1) is 0 Å². The molecule has 0 saturated carbocycles. The summed E-state index contributed by atoms with van der Waals surface area (Å²) in [6.45, 7) is 15.8. The maximum atomic E-state index is 2.63. The molecular formula is C63H56N2Si2. The molecule has 0 N–H and O–H groups in total. The Balaban J connectivity index is 1.10. The highest BCUT2D eigenvalue weighted by Gasteiger charge is 2.59. The zero-order valence-corrected chi connectivity index (χ0v) is 41.3. The lowest BCUT2D eigenvalue weighted by Crippen LogP contribution is -2.63. The summed E-state index contributed by atoms with van der Waals surface area (Å²) in [5, 5.41) is 5.10. The summed E-state index contributed by atoms with van der Waals surface area (Å²) in [7, 11) is -4.03. The Morgan fingerprint density at radius 1 is 0.284 bits per heavy atom. The van der Waals surface area contributed by atoms with E-state index < -0.39 is 16.1 Å². The fraction of sp³-hybridized carbons (Fsp3) is 0.111. The first kappa shape index (κ1) is 42.4. The molecule has 0 radical (unpaired) electrons. The van der Waals surface area contributed by atoms with E-state index in [1.165, 1.54) is 66.1 Å². The van der Waals surface area contributed by atoms with Crippen molar-refractivity contribution in [3.63, 3.8) is 0 Å². The van der Waals surface area contributed by atoms with E-state index in [0.717, 1.165) is 34.1 Å². The van der Waals surface area contributed by atoms with Gasteiger partial charge in [-0.25, -0.2) is 0 Å². The normalized spacial score (nSPS) is 13.0. The van der Waals surface area contributed by atoms with Crippen molar-refractivity contribution in [3.05, 3.63) is 242 Å². The maximum absolute atomic E-state index is 2.63. The SMILES string of the molecule is C[Si](C)(C)C1([Si](C)(C)C)c2cc3cc(N(c4ccccc4)c4ccccc4-c4ccccc4)ccc3cc2-c2cc3ccc(N(c4ccccc4)c4ccccc4-c4ccccc4)cc3cc21. The molecule has 1 aliphatic carbocycles. The summed E-state index contributed by atoms with van der Waals surface area (Å²) in [6, 6.07) is 85.4. The van der Waals surface area contributed by atoms with Gasteiger partial charge in [-0.2, -0.15) is 0 Å². The number of benzene rings is 10. The van der Waals surface area contributed by atoms with Crippen LogP contribution in [0.5, 0.6) is 0 Å². The number of fused-ring (bicyclic) bond motifs is 5. The molecule has 0 aromatic heterocycles. The maximum Gasteiger partial charge on any atom is 0.0579 e. The largest absolute Gasteiger partial charge is 0.310 e. The predicted octanol–water partition coefficient (Wildman–Crippen LogP) is 18.3. The molecule has 0 atom stereocenters. The standard InChI is InChI=1S/C63H56N2Si2/c1-66(2,3)63(67(4,5)6)59-43-49-39-53(64(51-27-15-9-16-28-51)61-33-21-19-31-55(61)45-23-11-7-12-24-45)37-35-47(49)41-57(59)58-42-48-36-38-54(40-50(48)44-60(58)63)65(52-29-17-10-18-30-52)62-34-22-20-32-56(62)46-25-13-8-14-26-46/h7-44H,1-6H3. The van der Waals surface area contributed by atoms with Gasteiger partial charge in [0.1, 0.15) is 0 Å². The summed E-state index contributed by atoms with van der Waals surface area (Å²) >= 11 is 0. The quantitative estimate of drug-likeness (QED) is 0.126. The molecule has 0 amide bonds. The third kappa shape index (κ3) is 7.14. The van der Waals surface area contributed by atoms with Gasteiger partial charge in [-0.1, -0.05) is 197 Å². The lowest BCUT2D eigenvalue weighted by molar-refractivity contribution is 0.956. The van der Waals surface area contributed by atoms with Crippen LogP contribution < -0.4 is 9.80 Å². The first-order valence-electron chi connectivity index (χ1n) is 23.7. The monoisotopic (exact) mass is 896 g/mol. The second-order valence-electron chi connectivity index (χ2n) is 20.2. The highest BCUT2D eigenvalue weighted by molar-refractivity contribution is 6.99. The van der Waals surface area contributed by atoms with Crippen molar-refractivity contribution in [3.8, 4) is 33.4 Å². The first-order chi connectivity index (χ1) is 32.5. The van der Waals surface area contributed by atoms with Crippen LogP contribution in [0.2, 0.25) is 39.3 Å². The van der Waals surface area contributed by atoms with Crippen LogP contribution in [0.25, 0.3) is 54.9 Å². The molecule has 0 saturated heterocycles. The van der Waals surface area contributed by atoms with Crippen LogP contribution in [0.1, 0.15) is 11.1 Å². The molecule has 67 heavy (non-hydrogen) atoms. The molecule has 0 bridgehead atoms. The summed E-state index contributed by atoms with van der Waals surface area (Å²) < 4.78 is -0.0445. The number of hydrogen-bond acceptors (Lipinski definition) is 2. The van der Waals surface area contributed by atoms with Crippen LogP contribution in [-0.2, 0) is 4.66 Å². The molecule has 326 valence electrons. The molecule has 0 fully saturated rings. The molecule has 0 unspecified atom stereocenters. The van der Waals surface area contributed by atoms with Crippen molar-refractivity contribution < 1.29 is 0 Å². The van der Waals surface area contributed by atoms with E-state index >= 15 is 0 Å². The molecular weight excluding hydrogens is 841 g/mol. The van der Waals surface area contributed by atoms with Crippen molar-refractivity contribution in [1.29, 1.82) is 0 Å². The zero-order chi connectivity index (χ0) is 45.9. The third-order valence-electron chi connectivity index (χ3n) is 14.3. The van der Waals surface area contributed by atoms with E-state index in [0.29, 0.717) is 0 Å². The molecule has 11 rings (SSSR count). The lowest BCUT2D eigenvalue weighted by atomic mass is 9.97. The second kappa shape index (κ2) is 16.6. The Kier molecular flexibility index (Phi) is 10.5. The fourth-order valence-corrected chi connectivity index (χ4v) is 24.9. The first-order valence-corrected chi connectivity index (χ1v) is 30.7. The molecule has 0 heterocycles. The van der Waals surface area contributed by atoms with Crippen LogP contribution in [0.4, 0.5) is 34.1 Å². The summed E-state index contributed by atoms with van der Waals surface area (Å²) in [6.07, 6.45) is 0. The fourth-order valence-electron chi connectivity index (χ4n) is 11.9. The molecule has 10 aromatic rings. The van der Waals surface area contributed by atoms with Gasteiger partial charge in [-0.15, -0.1) is 0 Å². The Morgan fingerprint density at radius 2 is 0.627 bits per heavy atom. The van der Waals surface area contributed by atoms with Gasteiger partial charge in [0.15, 0.2) is 0 Å². The number of hydrogen-bond donors (Lipinski definition) is 0. The second-order valence-corrected chi connectivity index (χ2v) is 31.2. The zero-order valence-electron chi connectivity index (χ0n) is 39.3. The molecule has 10 aromatic carbocycles. The van der Waals surface area contributed by atoms with Crippen molar-refractivity contribution in [1.82, 2.24) is 0 Å². The minimum absolute atomic E-state index is 0.0445. The van der Waals surface area contributed by atoms with Gasteiger partial charge in [0.2, 0.25) is 0 Å². The Bertz CT molecular complexity index is 3200. The van der Waals surface area contributed by atoms with E-state index in [1.807, 2.05) is 0 Å². The smallest absolute Gasteiger partial charge is 0.0579 e. The van der Waals surface area contributed by atoms with Gasteiger partial charge in [-0.3, -0.25) is 0 Å². The van der Waals surface area contributed by atoms with E-state index in [9.17, 15) is 0 Å². The topological polar surface area (TPSA) is 6.48 Å². The molecule has 4 heteroatoms. The average molecular weight is 897 g/mol. The van der Waals surface area contributed by atoms with Crippen LogP contribution in [0.15, 0.2) is 231 Å². The lowest BCUT2D eigenvalue weighted by Gasteiger charge is -2.51. The molecule has 1 aliphatic rings. The molecule has 2 nitrogen and oxygen atoms in total. The minimum atomic E-state index is -2.02. The van der Waals surface area contributed by atoms with Crippen molar-refractivity contribution in [2.45, 2.75) is 43.9 Å². The number of anilines is 6. The van der Waals surface area contributed by atoms with E-state index in [1.54, 1.807) is 0 Å². The van der Waals surface area contributed by atoms with Gasteiger partial charge in [0, 0.05) is 38.5 Å².